The Morgan fingerprint density at radius 3 is 2.81 bits per heavy atom. The van der Waals surface area contributed by atoms with Crippen LogP contribution in [0.15, 0.2) is 41.7 Å². The van der Waals surface area contributed by atoms with E-state index in [9.17, 15) is 4.79 Å². The second-order valence-electron chi connectivity index (χ2n) is 4.57. The topological polar surface area (TPSA) is 73.6 Å². The van der Waals surface area contributed by atoms with Gasteiger partial charge in [-0.3, -0.25) is 4.79 Å². The number of rotatable bonds is 5. The number of hydrogen-bond acceptors (Lipinski definition) is 6. The fourth-order valence-electron chi connectivity index (χ4n) is 1.91. The number of fused-ring (bicyclic) bond motifs is 1. The SMILES string of the molecule is CC(=O)CSc1ncnc2c1nnn2Cc1ccccc1. The predicted octanol–water partition coefficient (Wildman–Crippen LogP) is 1.95. The van der Waals surface area contributed by atoms with Gasteiger partial charge in [0.2, 0.25) is 0 Å². The van der Waals surface area contributed by atoms with Crippen LogP contribution in [0, 0.1) is 0 Å². The molecule has 0 unspecified atom stereocenters. The molecule has 0 bridgehead atoms. The summed E-state index contributed by atoms with van der Waals surface area (Å²) < 4.78 is 1.74. The number of Topliss-reactive ketones (excluding diaryl/α,β-unsaturated/α-hetero) is 1. The van der Waals surface area contributed by atoms with Gasteiger partial charge in [-0.05, 0) is 12.5 Å². The summed E-state index contributed by atoms with van der Waals surface area (Å²) in [5.41, 5.74) is 2.44. The van der Waals surface area contributed by atoms with Crippen molar-refractivity contribution in [3.8, 4) is 0 Å². The van der Waals surface area contributed by atoms with E-state index in [0.717, 1.165) is 5.56 Å². The number of benzene rings is 1. The molecule has 2 aromatic heterocycles. The Morgan fingerprint density at radius 2 is 2.05 bits per heavy atom. The molecule has 0 fully saturated rings. The van der Waals surface area contributed by atoms with Gasteiger partial charge in [-0.2, -0.15) is 0 Å². The van der Waals surface area contributed by atoms with Crippen LogP contribution in [0.5, 0.6) is 0 Å². The van der Waals surface area contributed by atoms with Crippen molar-refractivity contribution in [3.05, 3.63) is 42.2 Å². The number of thioether (sulfide) groups is 1. The zero-order valence-corrected chi connectivity index (χ0v) is 12.2. The van der Waals surface area contributed by atoms with Gasteiger partial charge in [0.15, 0.2) is 11.2 Å². The maximum Gasteiger partial charge on any atom is 0.183 e. The molecule has 0 saturated carbocycles. The Labute approximate surface area is 125 Å². The van der Waals surface area contributed by atoms with Crippen LogP contribution in [-0.4, -0.2) is 36.5 Å². The highest BCUT2D eigenvalue weighted by molar-refractivity contribution is 8.00. The van der Waals surface area contributed by atoms with E-state index in [-0.39, 0.29) is 5.78 Å². The average Bonchev–Trinajstić information content (AvgIpc) is 2.90. The average molecular weight is 299 g/mol. The first-order valence-electron chi connectivity index (χ1n) is 6.44. The third-order valence-electron chi connectivity index (χ3n) is 2.85. The van der Waals surface area contributed by atoms with Crippen molar-refractivity contribution in [1.82, 2.24) is 25.0 Å². The lowest BCUT2D eigenvalue weighted by molar-refractivity contribution is -0.114. The normalized spacial score (nSPS) is 10.9. The van der Waals surface area contributed by atoms with Gasteiger partial charge in [0.1, 0.15) is 17.1 Å². The molecule has 0 saturated heterocycles. The zero-order chi connectivity index (χ0) is 14.7. The Morgan fingerprint density at radius 1 is 1.24 bits per heavy atom. The molecule has 0 aliphatic rings. The van der Waals surface area contributed by atoms with E-state index >= 15 is 0 Å². The van der Waals surface area contributed by atoms with Gasteiger partial charge in [-0.1, -0.05) is 47.3 Å². The second kappa shape index (κ2) is 6.01. The van der Waals surface area contributed by atoms with Crippen molar-refractivity contribution >= 4 is 28.7 Å². The monoisotopic (exact) mass is 299 g/mol. The summed E-state index contributed by atoms with van der Waals surface area (Å²) in [4.78, 5) is 19.5. The Hall–Kier alpha value is -2.28. The fourth-order valence-corrected chi connectivity index (χ4v) is 2.64. The molecule has 0 aliphatic carbocycles. The van der Waals surface area contributed by atoms with Crippen molar-refractivity contribution in [2.45, 2.75) is 18.5 Å². The van der Waals surface area contributed by atoms with Crippen molar-refractivity contribution in [1.29, 1.82) is 0 Å². The largest absolute Gasteiger partial charge is 0.299 e. The predicted molar refractivity (Wildman–Crippen MR) is 80.1 cm³/mol. The molecule has 0 N–H and O–H groups in total. The van der Waals surface area contributed by atoms with Gasteiger partial charge < -0.3 is 0 Å². The zero-order valence-electron chi connectivity index (χ0n) is 11.4. The number of ketones is 1. The van der Waals surface area contributed by atoms with Gasteiger partial charge in [0, 0.05) is 0 Å². The van der Waals surface area contributed by atoms with Gasteiger partial charge in [-0.15, -0.1) is 5.10 Å². The van der Waals surface area contributed by atoms with Crippen molar-refractivity contribution in [2.24, 2.45) is 0 Å². The number of carbonyl (C=O) groups excluding carboxylic acids is 1. The first-order valence-corrected chi connectivity index (χ1v) is 7.43. The van der Waals surface area contributed by atoms with E-state index < -0.39 is 0 Å². The lowest BCUT2D eigenvalue weighted by atomic mass is 10.2. The maximum absolute atomic E-state index is 11.1. The van der Waals surface area contributed by atoms with E-state index in [1.165, 1.54) is 18.1 Å². The van der Waals surface area contributed by atoms with E-state index in [1.807, 2.05) is 30.3 Å². The molecule has 0 amide bonds. The number of hydrogen-bond donors (Lipinski definition) is 0. The standard InChI is InChI=1S/C14H13N5OS/c1-10(20)8-21-14-12-13(15-9-16-14)19(18-17-12)7-11-5-3-2-4-6-11/h2-6,9H,7-8H2,1H3. The minimum atomic E-state index is 0.100. The van der Waals surface area contributed by atoms with Gasteiger partial charge in [0.25, 0.3) is 0 Å². The summed E-state index contributed by atoms with van der Waals surface area (Å²) in [6.45, 7) is 2.16. The highest BCUT2D eigenvalue weighted by Crippen LogP contribution is 2.22. The summed E-state index contributed by atoms with van der Waals surface area (Å²) in [6.07, 6.45) is 1.48. The molecular formula is C14H13N5OS. The van der Waals surface area contributed by atoms with Crippen LogP contribution in [0.1, 0.15) is 12.5 Å². The van der Waals surface area contributed by atoms with Crippen LogP contribution in [0.4, 0.5) is 0 Å². The summed E-state index contributed by atoms with van der Waals surface area (Å²) in [5.74, 6) is 0.473. The fraction of sp³-hybridized carbons (Fsp3) is 0.214. The third kappa shape index (κ3) is 3.08. The summed E-state index contributed by atoms with van der Waals surface area (Å²) in [5, 5.41) is 8.98. The Bertz CT molecular complexity index is 771. The van der Waals surface area contributed by atoms with E-state index in [4.69, 9.17) is 0 Å². The number of aromatic nitrogens is 5. The van der Waals surface area contributed by atoms with Crippen LogP contribution in [0.2, 0.25) is 0 Å². The van der Waals surface area contributed by atoms with Gasteiger partial charge >= 0.3 is 0 Å². The third-order valence-corrected chi connectivity index (χ3v) is 3.98. The highest BCUT2D eigenvalue weighted by Gasteiger charge is 2.12. The molecule has 6 nitrogen and oxygen atoms in total. The van der Waals surface area contributed by atoms with Crippen LogP contribution in [-0.2, 0) is 11.3 Å². The van der Waals surface area contributed by atoms with Gasteiger partial charge in [0.05, 0.1) is 12.3 Å². The highest BCUT2D eigenvalue weighted by atomic mass is 32.2. The van der Waals surface area contributed by atoms with Crippen LogP contribution >= 0.6 is 11.8 Å². The smallest absolute Gasteiger partial charge is 0.183 e. The summed E-state index contributed by atoms with van der Waals surface area (Å²) in [7, 11) is 0. The molecule has 0 spiro atoms. The first kappa shape index (κ1) is 13.7. The van der Waals surface area contributed by atoms with Crippen LogP contribution < -0.4 is 0 Å². The second-order valence-corrected chi connectivity index (χ2v) is 5.54. The minimum absolute atomic E-state index is 0.100. The molecule has 7 heteroatoms. The molecule has 0 radical (unpaired) electrons. The minimum Gasteiger partial charge on any atom is -0.299 e. The number of nitrogens with zero attached hydrogens (tertiary/aromatic N) is 5. The summed E-state index contributed by atoms with van der Waals surface area (Å²) in [6, 6.07) is 10.00. The lowest BCUT2D eigenvalue weighted by Gasteiger charge is -2.02. The molecule has 3 rings (SSSR count). The van der Waals surface area contributed by atoms with E-state index in [0.29, 0.717) is 28.5 Å². The Kier molecular flexibility index (Phi) is 3.92. The van der Waals surface area contributed by atoms with Crippen LogP contribution in [0.25, 0.3) is 11.2 Å². The van der Waals surface area contributed by atoms with Crippen LogP contribution in [0.3, 0.4) is 0 Å². The maximum atomic E-state index is 11.1. The van der Waals surface area contributed by atoms with Gasteiger partial charge in [-0.25, -0.2) is 14.6 Å². The molecule has 3 aromatic rings. The molecule has 0 atom stereocenters. The number of carbonyl (C=O) groups is 1. The van der Waals surface area contributed by atoms with Crippen molar-refractivity contribution < 1.29 is 4.79 Å². The molecule has 0 aliphatic heterocycles. The molecule has 106 valence electrons. The quantitative estimate of drug-likeness (QED) is 0.529. The molecular weight excluding hydrogens is 286 g/mol. The van der Waals surface area contributed by atoms with E-state index in [1.54, 1.807) is 11.6 Å². The first-order chi connectivity index (χ1) is 10.2. The lowest BCUT2D eigenvalue weighted by Crippen LogP contribution is -2.03. The van der Waals surface area contributed by atoms with E-state index in [2.05, 4.69) is 20.3 Å². The molecule has 21 heavy (non-hydrogen) atoms. The molecule has 2 heterocycles. The molecule has 1 aromatic carbocycles. The van der Waals surface area contributed by atoms with Crippen molar-refractivity contribution in [3.63, 3.8) is 0 Å². The van der Waals surface area contributed by atoms with Crippen molar-refractivity contribution in [2.75, 3.05) is 5.75 Å². The Balaban J connectivity index is 1.91. The summed E-state index contributed by atoms with van der Waals surface area (Å²) >= 11 is 1.36.